The molecule has 0 radical (unpaired) electrons. The molecule has 0 saturated carbocycles. The van der Waals surface area contributed by atoms with E-state index in [4.69, 9.17) is 9.52 Å². The van der Waals surface area contributed by atoms with Crippen molar-refractivity contribution in [3.05, 3.63) is 59.5 Å². The lowest BCUT2D eigenvalue weighted by atomic mass is 10.0. The van der Waals surface area contributed by atoms with Crippen molar-refractivity contribution >= 4 is 11.8 Å². The number of hydrogen-bond acceptors (Lipinski definition) is 3. The summed E-state index contributed by atoms with van der Waals surface area (Å²) in [6.45, 7) is 0. The normalized spacial score (nSPS) is 10.2. The van der Waals surface area contributed by atoms with Gasteiger partial charge in [0, 0.05) is 18.4 Å². The van der Waals surface area contributed by atoms with Gasteiger partial charge in [0.25, 0.3) is 0 Å². The monoisotopic (exact) mass is 244 g/mol. The Bertz CT molecular complexity index is 538. The Hall–Kier alpha value is -2.36. The Morgan fingerprint density at radius 2 is 1.72 bits per heavy atom. The zero-order chi connectivity index (χ0) is 13.0. The maximum Gasteiger partial charge on any atom is 0.335 e. The summed E-state index contributed by atoms with van der Waals surface area (Å²) in [5, 5.41) is 8.75. The fourth-order valence-corrected chi connectivity index (χ4v) is 1.63. The predicted molar refractivity (Wildman–Crippen MR) is 64.8 cm³/mol. The largest absolute Gasteiger partial charge is 0.478 e. The first-order chi connectivity index (χ1) is 8.66. The van der Waals surface area contributed by atoms with Crippen LogP contribution in [0.5, 0.6) is 0 Å². The number of carboxylic acids is 1. The summed E-state index contributed by atoms with van der Waals surface area (Å²) < 4.78 is 5.14. The first kappa shape index (κ1) is 12.1. The molecule has 0 amide bonds. The number of benzene rings is 1. The summed E-state index contributed by atoms with van der Waals surface area (Å²) in [6, 6.07) is 9.54. The third kappa shape index (κ3) is 2.85. The summed E-state index contributed by atoms with van der Waals surface area (Å²) >= 11 is 0. The molecule has 0 atom stereocenters. The zero-order valence-corrected chi connectivity index (χ0v) is 9.63. The van der Waals surface area contributed by atoms with Crippen molar-refractivity contribution in [1.29, 1.82) is 0 Å². The molecule has 0 aliphatic heterocycles. The molecule has 4 nitrogen and oxygen atoms in total. The lowest BCUT2D eigenvalue weighted by Crippen LogP contribution is -2.02. The molecule has 2 rings (SSSR count). The Morgan fingerprint density at radius 3 is 2.28 bits per heavy atom. The Balaban J connectivity index is 1.98. The minimum atomic E-state index is -0.996. The number of hydrogen-bond donors (Lipinski definition) is 1. The second-order valence-electron chi connectivity index (χ2n) is 3.89. The van der Waals surface area contributed by atoms with E-state index in [0.29, 0.717) is 18.4 Å². The number of furan rings is 1. The van der Waals surface area contributed by atoms with E-state index < -0.39 is 5.97 Å². The van der Waals surface area contributed by atoms with Crippen LogP contribution in [0.4, 0.5) is 0 Å². The van der Waals surface area contributed by atoms with Gasteiger partial charge in [-0.3, -0.25) is 4.79 Å². The van der Waals surface area contributed by atoms with Crippen LogP contribution in [-0.2, 0) is 6.42 Å². The molecule has 0 saturated heterocycles. The molecule has 0 aliphatic carbocycles. The average Bonchev–Trinajstić information content (AvgIpc) is 2.89. The van der Waals surface area contributed by atoms with Gasteiger partial charge in [0.1, 0.15) is 5.76 Å². The number of Topliss-reactive ketones (excluding diaryl/α,β-unsaturated/α-hetero) is 1. The molecule has 0 fully saturated rings. The van der Waals surface area contributed by atoms with Gasteiger partial charge in [-0.25, -0.2) is 4.79 Å². The van der Waals surface area contributed by atoms with E-state index in [9.17, 15) is 9.59 Å². The maximum absolute atomic E-state index is 11.8. The van der Waals surface area contributed by atoms with Crippen LogP contribution in [0.15, 0.2) is 47.1 Å². The van der Waals surface area contributed by atoms with Crippen LogP contribution in [0, 0.1) is 0 Å². The van der Waals surface area contributed by atoms with Crippen LogP contribution < -0.4 is 0 Å². The summed E-state index contributed by atoms with van der Waals surface area (Å²) in [7, 11) is 0. The molecular formula is C14H12O4. The third-order valence-electron chi connectivity index (χ3n) is 2.63. The number of aromatic carboxylic acids is 1. The van der Waals surface area contributed by atoms with Gasteiger partial charge in [-0.05, 0) is 24.3 Å². The SMILES string of the molecule is O=C(O)c1ccc(C(=O)CCc2ccco2)cc1. The number of carbonyl (C=O) groups is 2. The van der Waals surface area contributed by atoms with Crippen LogP contribution >= 0.6 is 0 Å². The van der Waals surface area contributed by atoms with Crippen LogP contribution in [0.3, 0.4) is 0 Å². The third-order valence-corrected chi connectivity index (χ3v) is 2.63. The van der Waals surface area contributed by atoms with Gasteiger partial charge < -0.3 is 9.52 Å². The van der Waals surface area contributed by atoms with E-state index in [1.165, 1.54) is 24.3 Å². The molecule has 18 heavy (non-hydrogen) atoms. The van der Waals surface area contributed by atoms with Crippen molar-refractivity contribution in [3.63, 3.8) is 0 Å². The van der Waals surface area contributed by atoms with E-state index >= 15 is 0 Å². The van der Waals surface area contributed by atoms with Crippen molar-refractivity contribution in [3.8, 4) is 0 Å². The lowest BCUT2D eigenvalue weighted by Gasteiger charge is -2.00. The molecule has 0 bridgehead atoms. The van der Waals surface area contributed by atoms with E-state index in [-0.39, 0.29) is 11.3 Å². The Morgan fingerprint density at radius 1 is 1.06 bits per heavy atom. The second-order valence-corrected chi connectivity index (χ2v) is 3.89. The number of ketones is 1. The highest BCUT2D eigenvalue weighted by Crippen LogP contribution is 2.10. The van der Waals surface area contributed by atoms with Gasteiger partial charge in [-0.15, -0.1) is 0 Å². The van der Waals surface area contributed by atoms with Crippen LogP contribution in [0.2, 0.25) is 0 Å². The smallest absolute Gasteiger partial charge is 0.335 e. The highest BCUT2D eigenvalue weighted by molar-refractivity contribution is 5.97. The van der Waals surface area contributed by atoms with Crippen molar-refractivity contribution in [1.82, 2.24) is 0 Å². The summed E-state index contributed by atoms with van der Waals surface area (Å²) in [4.78, 5) is 22.5. The second kappa shape index (κ2) is 5.31. The summed E-state index contributed by atoms with van der Waals surface area (Å²) in [5.41, 5.74) is 0.698. The molecule has 0 unspecified atom stereocenters. The lowest BCUT2D eigenvalue weighted by molar-refractivity contribution is 0.0696. The van der Waals surface area contributed by atoms with Gasteiger partial charge in [0.15, 0.2) is 5.78 Å². The summed E-state index contributed by atoms with van der Waals surface area (Å²) in [5.74, 6) is -0.251. The van der Waals surface area contributed by atoms with E-state index in [0.717, 1.165) is 5.76 Å². The average molecular weight is 244 g/mol. The minimum absolute atomic E-state index is 0.0247. The van der Waals surface area contributed by atoms with E-state index in [1.807, 2.05) is 6.07 Å². The highest BCUT2D eigenvalue weighted by atomic mass is 16.4. The molecule has 1 aromatic heterocycles. The van der Waals surface area contributed by atoms with Gasteiger partial charge >= 0.3 is 5.97 Å². The van der Waals surface area contributed by atoms with Crippen molar-refractivity contribution in [2.75, 3.05) is 0 Å². The molecule has 1 aromatic carbocycles. The Labute approximate surface area is 104 Å². The predicted octanol–water partition coefficient (Wildman–Crippen LogP) is 2.79. The molecule has 0 spiro atoms. The van der Waals surface area contributed by atoms with Crippen LogP contribution in [0.1, 0.15) is 32.9 Å². The molecule has 2 aromatic rings. The molecular weight excluding hydrogens is 232 g/mol. The fraction of sp³-hybridized carbons (Fsp3) is 0.143. The number of carboxylic acid groups (broad SMARTS) is 1. The van der Waals surface area contributed by atoms with Gasteiger partial charge in [0.05, 0.1) is 11.8 Å². The quantitative estimate of drug-likeness (QED) is 0.821. The number of rotatable bonds is 5. The van der Waals surface area contributed by atoms with Gasteiger partial charge in [0.2, 0.25) is 0 Å². The van der Waals surface area contributed by atoms with Gasteiger partial charge in [-0.1, -0.05) is 12.1 Å². The number of carbonyl (C=O) groups excluding carboxylic acids is 1. The first-order valence-corrected chi connectivity index (χ1v) is 5.56. The van der Waals surface area contributed by atoms with Crippen LogP contribution in [0.25, 0.3) is 0 Å². The summed E-state index contributed by atoms with van der Waals surface area (Å²) in [6.07, 6.45) is 2.47. The van der Waals surface area contributed by atoms with Crippen molar-refractivity contribution < 1.29 is 19.1 Å². The highest BCUT2D eigenvalue weighted by Gasteiger charge is 2.08. The maximum atomic E-state index is 11.8. The first-order valence-electron chi connectivity index (χ1n) is 5.56. The topological polar surface area (TPSA) is 67.5 Å². The minimum Gasteiger partial charge on any atom is -0.478 e. The van der Waals surface area contributed by atoms with Crippen molar-refractivity contribution in [2.45, 2.75) is 12.8 Å². The molecule has 4 heteroatoms. The molecule has 92 valence electrons. The van der Waals surface area contributed by atoms with Crippen LogP contribution in [-0.4, -0.2) is 16.9 Å². The molecule has 1 N–H and O–H groups in total. The van der Waals surface area contributed by atoms with E-state index in [1.54, 1.807) is 12.3 Å². The molecule has 1 heterocycles. The van der Waals surface area contributed by atoms with Gasteiger partial charge in [-0.2, -0.15) is 0 Å². The zero-order valence-electron chi connectivity index (χ0n) is 9.63. The Kier molecular flexibility index (Phi) is 3.57. The standard InChI is InChI=1S/C14H12O4/c15-13(8-7-12-2-1-9-18-12)10-3-5-11(6-4-10)14(16)17/h1-6,9H,7-8H2,(H,16,17). The van der Waals surface area contributed by atoms with Crippen molar-refractivity contribution in [2.24, 2.45) is 0 Å². The number of aryl methyl sites for hydroxylation is 1. The fourth-order valence-electron chi connectivity index (χ4n) is 1.63. The molecule has 0 aliphatic rings. The van der Waals surface area contributed by atoms with E-state index in [2.05, 4.69) is 0 Å².